The molecule has 0 aliphatic heterocycles. The minimum atomic E-state index is -0.531. The molecule has 0 saturated carbocycles. The Morgan fingerprint density at radius 2 is 1.76 bits per heavy atom. The van der Waals surface area contributed by atoms with E-state index in [1.807, 2.05) is 42.5 Å². The molecule has 144 valence electrons. The number of anilines is 1. The van der Waals surface area contributed by atoms with Crippen LogP contribution in [0.1, 0.15) is 5.56 Å². The highest BCUT2D eigenvalue weighted by Gasteiger charge is 2.12. The fraction of sp³-hybridized carbons (Fsp3) is 0.0909. The van der Waals surface area contributed by atoms with Gasteiger partial charge in [0, 0.05) is 23.8 Å². The number of nitrogens with zero attached hydrogens (tertiary/aromatic N) is 3. The van der Waals surface area contributed by atoms with E-state index < -0.39 is 17.2 Å². The molecule has 1 amide bonds. The largest absolute Gasteiger partial charge is 0.331 e. The molecule has 0 aliphatic rings. The number of pyridine rings is 1. The highest BCUT2D eigenvalue weighted by molar-refractivity contribution is 6.00. The first-order chi connectivity index (χ1) is 14.1. The molecule has 0 spiro atoms. The normalized spacial score (nSPS) is 10.8. The maximum atomic E-state index is 12.7. The van der Waals surface area contributed by atoms with Crippen LogP contribution < -0.4 is 16.6 Å². The summed E-state index contributed by atoms with van der Waals surface area (Å²) in [4.78, 5) is 41.7. The summed E-state index contributed by atoms with van der Waals surface area (Å²) in [5.74, 6) is -0.460. The summed E-state index contributed by atoms with van der Waals surface area (Å²) in [6.45, 7) is -0.0550. The van der Waals surface area contributed by atoms with Crippen molar-refractivity contribution in [1.82, 2.24) is 14.1 Å². The monoisotopic (exact) mass is 386 g/mol. The van der Waals surface area contributed by atoms with Gasteiger partial charge in [0.2, 0.25) is 5.91 Å². The maximum Gasteiger partial charge on any atom is 0.331 e. The number of hydrogen-bond acceptors (Lipinski definition) is 4. The van der Waals surface area contributed by atoms with Crippen molar-refractivity contribution in [3.63, 3.8) is 0 Å². The zero-order valence-corrected chi connectivity index (χ0v) is 15.5. The first-order valence-corrected chi connectivity index (χ1v) is 9.09. The quantitative estimate of drug-likeness (QED) is 0.570. The van der Waals surface area contributed by atoms with Gasteiger partial charge in [0.1, 0.15) is 6.54 Å². The number of fused-ring (bicyclic) bond motifs is 1. The minimum absolute atomic E-state index is 0.316. The van der Waals surface area contributed by atoms with Gasteiger partial charge in [0.15, 0.2) is 0 Å². The minimum Gasteiger partial charge on any atom is -0.324 e. The van der Waals surface area contributed by atoms with Crippen molar-refractivity contribution in [2.75, 3.05) is 5.32 Å². The number of nitrogens with one attached hydrogen (secondary N) is 1. The number of amides is 1. The SMILES string of the molecule is O=C(Cn1c(=O)ccn(Cc2ccccc2)c1=O)Nc1cccc2ncccc12. The van der Waals surface area contributed by atoms with Crippen LogP contribution in [-0.4, -0.2) is 20.0 Å². The smallest absolute Gasteiger partial charge is 0.324 e. The van der Waals surface area contributed by atoms with E-state index in [1.54, 1.807) is 24.4 Å². The van der Waals surface area contributed by atoms with Crippen LogP contribution in [0.15, 0.2) is 88.7 Å². The van der Waals surface area contributed by atoms with Crippen molar-refractivity contribution in [2.24, 2.45) is 0 Å². The molecule has 0 unspecified atom stereocenters. The van der Waals surface area contributed by atoms with Crippen LogP contribution in [0.5, 0.6) is 0 Å². The molecule has 1 N–H and O–H groups in total. The molecule has 4 aromatic rings. The molecule has 0 bridgehead atoms. The molecule has 2 aromatic heterocycles. The molecule has 2 heterocycles. The van der Waals surface area contributed by atoms with Crippen molar-refractivity contribution in [3.05, 3.63) is 106 Å². The zero-order valence-electron chi connectivity index (χ0n) is 15.5. The van der Waals surface area contributed by atoms with Crippen molar-refractivity contribution >= 4 is 22.5 Å². The molecule has 0 radical (unpaired) electrons. The van der Waals surface area contributed by atoms with E-state index in [4.69, 9.17) is 0 Å². The number of rotatable bonds is 5. The summed E-state index contributed by atoms with van der Waals surface area (Å²) in [7, 11) is 0. The van der Waals surface area contributed by atoms with Crippen molar-refractivity contribution in [3.8, 4) is 0 Å². The topological polar surface area (TPSA) is 86.0 Å². The van der Waals surface area contributed by atoms with E-state index in [-0.39, 0.29) is 6.54 Å². The molecule has 7 heteroatoms. The molecular weight excluding hydrogens is 368 g/mol. The summed E-state index contributed by atoms with van der Waals surface area (Å²) >= 11 is 0. The first kappa shape index (κ1) is 18.4. The Kier molecular flexibility index (Phi) is 5.03. The second-order valence-corrected chi connectivity index (χ2v) is 6.56. The molecular formula is C22H18N4O3. The maximum absolute atomic E-state index is 12.7. The Morgan fingerprint density at radius 1 is 0.931 bits per heavy atom. The van der Waals surface area contributed by atoms with Crippen LogP contribution >= 0.6 is 0 Å². The lowest BCUT2D eigenvalue weighted by Gasteiger charge is -2.11. The summed E-state index contributed by atoms with van der Waals surface area (Å²) < 4.78 is 2.34. The van der Waals surface area contributed by atoms with Gasteiger partial charge in [-0.25, -0.2) is 4.79 Å². The predicted molar refractivity (Wildman–Crippen MR) is 111 cm³/mol. The van der Waals surface area contributed by atoms with Crippen LogP contribution in [0.25, 0.3) is 10.9 Å². The molecule has 0 aliphatic carbocycles. The lowest BCUT2D eigenvalue weighted by Crippen LogP contribution is -2.41. The number of hydrogen-bond donors (Lipinski definition) is 1. The average Bonchev–Trinajstić information content (AvgIpc) is 2.74. The van der Waals surface area contributed by atoms with Gasteiger partial charge in [0.05, 0.1) is 17.7 Å². The van der Waals surface area contributed by atoms with Gasteiger partial charge in [-0.2, -0.15) is 0 Å². The van der Waals surface area contributed by atoms with E-state index in [9.17, 15) is 14.4 Å². The van der Waals surface area contributed by atoms with Gasteiger partial charge in [-0.15, -0.1) is 0 Å². The second kappa shape index (κ2) is 7.93. The van der Waals surface area contributed by atoms with Gasteiger partial charge in [-0.05, 0) is 29.8 Å². The van der Waals surface area contributed by atoms with Gasteiger partial charge in [0.25, 0.3) is 5.56 Å². The summed E-state index contributed by atoms with van der Waals surface area (Å²) in [5, 5.41) is 3.55. The van der Waals surface area contributed by atoms with Crippen LogP contribution in [0.4, 0.5) is 5.69 Å². The van der Waals surface area contributed by atoms with E-state index in [0.29, 0.717) is 12.2 Å². The van der Waals surface area contributed by atoms with E-state index >= 15 is 0 Å². The molecule has 4 rings (SSSR count). The lowest BCUT2D eigenvalue weighted by atomic mass is 10.2. The Morgan fingerprint density at radius 3 is 2.59 bits per heavy atom. The lowest BCUT2D eigenvalue weighted by molar-refractivity contribution is -0.116. The highest BCUT2D eigenvalue weighted by atomic mass is 16.2. The Hall–Kier alpha value is -4.00. The third-order valence-corrected chi connectivity index (χ3v) is 4.56. The fourth-order valence-corrected chi connectivity index (χ4v) is 3.15. The summed E-state index contributed by atoms with van der Waals surface area (Å²) in [6.07, 6.45) is 3.12. The van der Waals surface area contributed by atoms with Gasteiger partial charge in [-0.1, -0.05) is 36.4 Å². The van der Waals surface area contributed by atoms with Crippen LogP contribution in [0.2, 0.25) is 0 Å². The number of carbonyl (C=O) groups is 1. The van der Waals surface area contributed by atoms with Gasteiger partial charge in [-0.3, -0.25) is 23.7 Å². The zero-order chi connectivity index (χ0) is 20.2. The van der Waals surface area contributed by atoms with Crippen LogP contribution in [0, 0.1) is 0 Å². The van der Waals surface area contributed by atoms with Gasteiger partial charge >= 0.3 is 5.69 Å². The second-order valence-electron chi connectivity index (χ2n) is 6.56. The van der Waals surface area contributed by atoms with Crippen LogP contribution in [-0.2, 0) is 17.9 Å². The van der Waals surface area contributed by atoms with E-state index in [2.05, 4.69) is 10.3 Å². The Bertz CT molecular complexity index is 1290. The van der Waals surface area contributed by atoms with Crippen molar-refractivity contribution in [2.45, 2.75) is 13.1 Å². The highest BCUT2D eigenvalue weighted by Crippen LogP contribution is 2.21. The van der Waals surface area contributed by atoms with E-state index in [1.165, 1.54) is 16.8 Å². The van der Waals surface area contributed by atoms with Crippen LogP contribution in [0.3, 0.4) is 0 Å². The first-order valence-electron chi connectivity index (χ1n) is 9.09. The molecule has 0 fully saturated rings. The summed E-state index contributed by atoms with van der Waals surface area (Å²) in [6, 6.07) is 19.7. The average molecular weight is 386 g/mol. The number of benzene rings is 2. The molecule has 0 atom stereocenters. The third-order valence-electron chi connectivity index (χ3n) is 4.56. The van der Waals surface area contributed by atoms with Crippen molar-refractivity contribution in [1.29, 1.82) is 0 Å². The molecule has 7 nitrogen and oxygen atoms in total. The van der Waals surface area contributed by atoms with Gasteiger partial charge < -0.3 is 5.32 Å². The fourth-order valence-electron chi connectivity index (χ4n) is 3.15. The molecule has 0 saturated heterocycles. The Labute approximate surface area is 165 Å². The standard InChI is InChI=1S/C22H18N4O3/c27-20(24-19-10-4-9-18-17(19)8-5-12-23-18)15-26-21(28)11-13-25(22(26)29)14-16-6-2-1-3-7-16/h1-13H,14-15H2,(H,24,27). The Balaban J connectivity index is 1.59. The molecule has 29 heavy (non-hydrogen) atoms. The number of aromatic nitrogens is 3. The molecule has 2 aromatic carbocycles. The van der Waals surface area contributed by atoms with E-state index in [0.717, 1.165) is 21.0 Å². The van der Waals surface area contributed by atoms with Crippen molar-refractivity contribution < 1.29 is 4.79 Å². The number of carbonyl (C=O) groups excluding carboxylic acids is 1. The summed E-state index contributed by atoms with van der Waals surface area (Å²) in [5.41, 5.74) is 1.19. The predicted octanol–water partition coefficient (Wildman–Crippen LogP) is 2.25. The third kappa shape index (κ3) is 3.98.